The van der Waals surface area contributed by atoms with Crippen LogP contribution in [0.25, 0.3) is 0 Å². The minimum absolute atomic E-state index is 0.695. The number of aliphatic carboxylic acids is 1. The van der Waals surface area contributed by atoms with Gasteiger partial charge in [0, 0.05) is 6.42 Å². The molecule has 88 valence electrons. The molecule has 1 aromatic heterocycles. The van der Waals surface area contributed by atoms with Crippen molar-refractivity contribution in [1.82, 2.24) is 14.8 Å². The second kappa shape index (κ2) is 3.88. The van der Waals surface area contributed by atoms with Crippen molar-refractivity contribution in [2.75, 3.05) is 0 Å². The minimum Gasteiger partial charge on any atom is -0.479 e. The van der Waals surface area contributed by atoms with Gasteiger partial charge in [-0.3, -0.25) is 4.57 Å². The van der Waals surface area contributed by atoms with Crippen LogP contribution < -0.4 is 0 Å². The summed E-state index contributed by atoms with van der Waals surface area (Å²) in [4.78, 5) is 11.3. The Labute approximate surface area is 94.5 Å². The quantitative estimate of drug-likeness (QED) is 0.821. The summed E-state index contributed by atoms with van der Waals surface area (Å²) in [5, 5.41) is 17.4. The van der Waals surface area contributed by atoms with Gasteiger partial charge in [0.1, 0.15) is 17.2 Å². The van der Waals surface area contributed by atoms with Gasteiger partial charge in [-0.25, -0.2) is 4.79 Å². The molecule has 16 heavy (non-hydrogen) atoms. The van der Waals surface area contributed by atoms with Gasteiger partial charge in [0.15, 0.2) is 0 Å². The number of carboxylic acid groups (broad SMARTS) is 1. The molecular formula is C11H17N3O2. The summed E-state index contributed by atoms with van der Waals surface area (Å²) in [5.74, 6) is 0.776. The molecule has 1 aliphatic rings. The Morgan fingerprint density at radius 1 is 1.50 bits per heavy atom. The maximum absolute atomic E-state index is 11.3. The van der Waals surface area contributed by atoms with Crippen LogP contribution in [0.4, 0.5) is 0 Å². The molecule has 1 aromatic rings. The molecule has 0 aliphatic heterocycles. The highest BCUT2D eigenvalue weighted by atomic mass is 16.4. The molecule has 1 aliphatic carbocycles. The van der Waals surface area contributed by atoms with Crippen molar-refractivity contribution in [3.63, 3.8) is 0 Å². The van der Waals surface area contributed by atoms with Crippen LogP contribution in [0.5, 0.6) is 0 Å². The zero-order valence-electron chi connectivity index (χ0n) is 9.73. The molecule has 1 heterocycles. The molecule has 0 bridgehead atoms. The lowest BCUT2D eigenvalue weighted by Gasteiger charge is -2.15. The Hall–Kier alpha value is -1.39. The van der Waals surface area contributed by atoms with Gasteiger partial charge >= 0.3 is 5.97 Å². The van der Waals surface area contributed by atoms with Crippen LogP contribution in [0.15, 0.2) is 0 Å². The summed E-state index contributed by atoms with van der Waals surface area (Å²) in [5.41, 5.74) is -0.739. The van der Waals surface area contributed by atoms with E-state index in [0.717, 1.165) is 25.1 Å². The van der Waals surface area contributed by atoms with Crippen molar-refractivity contribution in [3.8, 4) is 0 Å². The molecule has 0 spiro atoms. The highest BCUT2D eigenvalue weighted by Crippen LogP contribution is 2.45. The Kier molecular flexibility index (Phi) is 2.69. The van der Waals surface area contributed by atoms with E-state index >= 15 is 0 Å². The normalized spacial score (nSPS) is 17.4. The van der Waals surface area contributed by atoms with Gasteiger partial charge in [0.05, 0.1) is 0 Å². The summed E-state index contributed by atoms with van der Waals surface area (Å²) in [6.45, 7) is 3.93. The molecule has 1 saturated carbocycles. The summed E-state index contributed by atoms with van der Waals surface area (Å²) in [6.07, 6.45) is 4.30. The lowest BCUT2D eigenvalue weighted by molar-refractivity contribution is -0.142. The van der Waals surface area contributed by atoms with Crippen LogP contribution in [0.2, 0.25) is 0 Å². The van der Waals surface area contributed by atoms with Gasteiger partial charge in [0.2, 0.25) is 0 Å². The minimum atomic E-state index is -0.756. The number of aromatic nitrogens is 3. The Bertz CT molecular complexity index is 407. The molecule has 1 N–H and O–H groups in total. The average Bonchev–Trinajstić information content (AvgIpc) is 2.96. The molecule has 0 atom stereocenters. The molecule has 1 fully saturated rings. The van der Waals surface area contributed by atoms with Crippen molar-refractivity contribution in [2.24, 2.45) is 0 Å². The third-order valence-electron chi connectivity index (χ3n) is 3.20. The second-order valence-electron chi connectivity index (χ2n) is 4.44. The first kappa shape index (κ1) is 11.1. The number of rotatable bonds is 5. The second-order valence-corrected chi connectivity index (χ2v) is 4.44. The van der Waals surface area contributed by atoms with Crippen LogP contribution in [0.1, 0.15) is 44.3 Å². The number of hydrogen-bond donors (Lipinski definition) is 1. The van der Waals surface area contributed by atoms with Crippen molar-refractivity contribution in [3.05, 3.63) is 11.6 Å². The monoisotopic (exact) mass is 223 g/mol. The molecule has 0 amide bonds. The molecule has 0 unspecified atom stereocenters. The zero-order valence-corrected chi connectivity index (χ0v) is 9.73. The van der Waals surface area contributed by atoms with Crippen molar-refractivity contribution in [1.29, 1.82) is 0 Å². The van der Waals surface area contributed by atoms with Gasteiger partial charge in [-0.15, -0.1) is 10.2 Å². The van der Waals surface area contributed by atoms with Gasteiger partial charge in [-0.05, 0) is 26.2 Å². The van der Waals surface area contributed by atoms with Crippen molar-refractivity contribution < 1.29 is 9.90 Å². The van der Waals surface area contributed by atoms with Crippen LogP contribution >= 0.6 is 0 Å². The SMILES string of the molecule is CCCCc1nnc(C)n1C1(C(=O)O)CC1. The third kappa shape index (κ3) is 1.60. The smallest absolute Gasteiger partial charge is 0.329 e. The van der Waals surface area contributed by atoms with Gasteiger partial charge in [0.25, 0.3) is 0 Å². The van der Waals surface area contributed by atoms with E-state index in [9.17, 15) is 9.90 Å². The van der Waals surface area contributed by atoms with E-state index in [1.807, 2.05) is 11.5 Å². The van der Waals surface area contributed by atoms with E-state index < -0.39 is 11.5 Å². The Morgan fingerprint density at radius 2 is 2.19 bits per heavy atom. The van der Waals surface area contributed by atoms with Crippen molar-refractivity contribution in [2.45, 2.75) is 51.5 Å². The molecule has 0 aromatic carbocycles. The lowest BCUT2D eigenvalue weighted by Crippen LogP contribution is -2.30. The Morgan fingerprint density at radius 3 is 2.69 bits per heavy atom. The number of carboxylic acids is 1. The fourth-order valence-corrected chi connectivity index (χ4v) is 2.11. The van der Waals surface area contributed by atoms with Crippen LogP contribution in [-0.4, -0.2) is 25.8 Å². The van der Waals surface area contributed by atoms with E-state index in [1.165, 1.54) is 0 Å². The number of nitrogens with zero attached hydrogens (tertiary/aromatic N) is 3. The van der Waals surface area contributed by atoms with Crippen LogP contribution in [0, 0.1) is 6.92 Å². The third-order valence-corrected chi connectivity index (χ3v) is 3.20. The van der Waals surface area contributed by atoms with E-state index in [4.69, 9.17) is 0 Å². The van der Waals surface area contributed by atoms with Gasteiger partial charge in [-0.1, -0.05) is 13.3 Å². The molecule has 2 rings (SSSR count). The molecule has 5 nitrogen and oxygen atoms in total. The first-order valence-corrected chi connectivity index (χ1v) is 5.76. The van der Waals surface area contributed by atoms with E-state index in [1.54, 1.807) is 0 Å². The summed E-state index contributed by atoms with van der Waals surface area (Å²) in [6, 6.07) is 0. The largest absolute Gasteiger partial charge is 0.479 e. The highest BCUT2D eigenvalue weighted by Gasteiger charge is 2.54. The summed E-state index contributed by atoms with van der Waals surface area (Å²) >= 11 is 0. The average molecular weight is 223 g/mol. The van der Waals surface area contributed by atoms with E-state index in [-0.39, 0.29) is 0 Å². The molecule has 0 radical (unpaired) electrons. The standard InChI is InChI=1S/C11H17N3O2/c1-3-4-5-9-13-12-8(2)14(9)11(6-7-11)10(15)16/h3-7H2,1-2H3,(H,15,16). The van der Waals surface area contributed by atoms with Gasteiger partial charge < -0.3 is 5.11 Å². The fraction of sp³-hybridized carbons (Fsp3) is 0.727. The maximum atomic E-state index is 11.3. The zero-order chi connectivity index (χ0) is 11.8. The lowest BCUT2D eigenvalue weighted by atomic mass is 10.2. The number of carbonyl (C=O) groups is 1. The number of aryl methyl sites for hydroxylation is 2. The Balaban J connectivity index is 2.32. The predicted molar refractivity (Wildman–Crippen MR) is 58.2 cm³/mol. The number of hydrogen-bond acceptors (Lipinski definition) is 3. The van der Waals surface area contributed by atoms with E-state index in [2.05, 4.69) is 17.1 Å². The predicted octanol–water partition coefficient (Wildman–Crippen LogP) is 1.50. The first-order valence-electron chi connectivity index (χ1n) is 5.76. The highest BCUT2D eigenvalue weighted by molar-refractivity contribution is 5.80. The molecule has 5 heteroatoms. The summed E-state index contributed by atoms with van der Waals surface area (Å²) in [7, 11) is 0. The van der Waals surface area contributed by atoms with E-state index in [0.29, 0.717) is 18.7 Å². The van der Waals surface area contributed by atoms with Gasteiger partial charge in [-0.2, -0.15) is 0 Å². The molecule has 0 saturated heterocycles. The van der Waals surface area contributed by atoms with Crippen molar-refractivity contribution >= 4 is 5.97 Å². The fourth-order valence-electron chi connectivity index (χ4n) is 2.11. The van der Waals surface area contributed by atoms with Crippen LogP contribution in [-0.2, 0) is 16.8 Å². The number of unbranched alkanes of at least 4 members (excludes halogenated alkanes) is 1. The molecular weight excluding hydrogens is 206 g/mol. The topological polar surface area (TPSA) is 68.0 Å². The summed E-state index contributed by atoms with van der Waals surface area (Å²) < 4.78 is 1.82. The maximum Gasteiger partial charge on any atom is 0.329 e. The van der Waals surface area contributed by atoms with Crippen LogP contribution in [0.3, 0.4) is 0 Å². The first-order chi connectivity index (χ1) is 7.62.